The Bertz CT molecular complexity index is 422. The maximum absolute atomic E-state index is 12.8. The van der Waals surface area contributed by atoms with Crippen molar-refractivity contribution < 1.29 is 8.42 Å². The molecule has 0 aromatic rings. The first-order valence-corrected chi connectivity index (χ1v) is 15.8. The van der Waals surface area contributed by atoms with Gasteiger partial charge < -0.3 is 0 Å². The highest BCUT2D eigenvalue weighted by atomic mass is 32.2. The Morgan fingerprint density at radius 3 is 0.903 bits per heavy atom. The molecule has 0 aliphatic carbocycles. The fourth-order valence-electron chi connectivity index (χ4n) is 4.56. The minimum atomic E-state index is -2.96. The molecule has 0 amide bonds. The molecule has 2 atom stereocenters. The van der Waals surface area contributed by atoms with E-state index in [-0.39, 0.29) is 10.5 Å². The second-order valence-corrected chi connectivity index (χ2v) is 12.9. The maximum atomic E-state index is 12.8. The number of unbranched alkanes of at least 4 members (excludes halogenated alkanes) is 18. The van der Waals surface area contributed by atoms with Crippen LogP contribution in [0.5, 0.6) is 0 Å². The monoisotopic (exact) mass is 458 g/mol. The van der Waals surface area contributed by atoms with E-state index >= 15 is 0 Å². The Labute approximate surface area is 197 Å². The van der Waals surface area contributed by atoms with E-state index in [0.29, 0.717) is 0 Å². The van der Waals surface area contributed by atoms with Gasteiger partial charge in [-0.15, -0.1) is 0 Å². The molecule has 188 valence electrons. The van der Waals surface area contributed by atoms with Crippen molar-refractivity contribution in [1.82, 2.24) is 0 Å². The summed E-state index contributed by atoms with van der Waals surface area (Å²) < 4.78 is 25.6. The lowest BCUT2D eigenvalue weighted by molar-refractivity contribution is 0.523. The molecule has 0 spiro atoms. The van der Waals surface area contributed by atoms with Crippen LogP contribution in [-0.2, 0) is 9.84 Å². The molecular formula is C28H58O2S. The predicted octanol–water partition coefficient (Wildman–Crippen LogP) is 9.80. The summed E-state index contributed by atoms with van der Waals surface area (Å²) in [6, 6.07) is 0. The summed E-state index contributed by atoms with van der Waals surface area (Å²) in [5, 5.41) is -0.334. The molecule has 0 saturated carbocycles. The van der Waals surface area contributed by atoms with E-state index in [1.807, 2.05) is 13.8 Å². The van der Waals surface area contributed by atoms with Gasteiger partial charge in [0, 0.05) is 0 Å². The molecule has 0 heterocycles. The van der Waals surface area contributed by atoms with Gasteiger partial charge in [-0.05, 0) is 26.7 Å². The highest BCUT2D eigenvalue weighted by molar-refractivity contribution is 7.92. The van der Waals surface area contributed by atoms with Crippen LogP contribution in [0.25, 0.3) is 0 Å². The summed E-state index contributed by atoms with van der Waals surface area (Å²) in [7, 11) is -2.96. The minimum Gasteiger partial charge on any atom is -0.228 e. The van der Waals surface area contributed by atoms with Crippen LogP contribution >= 0.6 is 0 Å². The Morgan fingerprint density at radius 1 is 0.419 bits per heavy atom. The van der Waals surface area contributed by atoms with Crippen LogP contribution in [0.4, 0.5) is 0 Å². The normalized spacial score (nSPS) is 14.1. The molecule has 0 fully saturated rings. The molecule has 0 aliphatic rings. The van der Waals surface area contributed by atoms with Crippen molar-refractivity contribution in [1.29, 1.82) is 0 Å². The molecule has 0 radical (unpaired) electrons. The zero-order valence-corrected chi connectivity index (χ0v) is 22.8. The topological polar surface area (TPSA) is 34.1 Å². The van der Waals surface area contributed by atoms with E-state index in [0.717, 1.165) is 25.7 Å². The lowest BCUT2D eigenvalue weighted by Crippen LogP contribution is -2.28. The summed E-state index contributed by atoms with van der Waals surface area (Å²) in [6.45, 7) is 8.41. The third-order valence-corrected chi connectivity index (χ3v) is 9.76. The summed E-state index contributed by atoms with van der Waals surface area (Å²) in [5.74, 6) is 0. The summed E-state index contributed by atoms with van der Waals surface area (Å²) in [4.78, 5) is 0. The van der Waals surface area contributed by atoms with Crippen LogP contribution in [-0.4, -0.2) is 18.9 Å². The van der Waals surface area contributed by atoms with Gasteiger partial charge in [0.1, 0.15) is 0 Å². The van der Waals surface area contributed by atoms with Gasteiger partial charge in [-0.3, -0.25) is 0 Å². The number of hydrogen-bond donors (Lipinski definition) is 0. The summed E-state index contributed by atoms with van der Waals surface area (Å²) in [6.07, 6.45) is 27.8. The van der Waals surface area contributed by atoms with Gasteiger partial charge in [0.25, 0.3) is 0 Å². The van der Waals surface area contributed by atoms with Gasteiger partial charge in [0.2, 0.25) is 0 Å². The first-order chi connectivity index (χ1) is 15.0. The zero-order chi connectivity index (χ0) is 23.2. The second-order valence-electron chi connectivity index (χ2n) is 10.2. The standard InChI is InChI=1S/C28H58O2S/c1-5-7-9-11-13-15-17-19-21-23-25-27(3)31(29,30)28(4)26-24-22-20-18-16-14-12-10-8-6-2/h27-28H,5-26H2,1-4H3. The van der Waals surface area contributed by atoms with Crippen molar-refractivity contribution in [3.63, 3.8) is 0 Å². The quantitative estimate of drug-likeness (QED) is 0.135. The lowest BCUT2D eigenvalue weighted by Gasteiger charge is -2.19. The Morgan fingerprint density at radius 2 is 0.645 bits per heavy atom. The Kier molecular flexibility index (Phi) is 21.7. The van der Waals surface area contributed by atoms with E-state index in [1.54, 1.807) is 0 Å². The van der Waals surface area contributed by atoms with Gasteiger partial charge >= 0.3 is 0 Å². The first kappa shape index (κ1) is 30.9. The smallest absolute Gasteiger partial charge is 0.155 e. The third-order valence-electron chi connectivity index (χ3n) is 7.05. The van der Waals surface area contributed by atoms with Crippen LogP contribution < -0.4 is 0 Å². The van der Waals surface area contributed by atoms with Crippen molar-refractivity contribution >= 4 is 9.84 Å². The molecule has 0 saturated heterocycles. The van der Waals surface area contributed by atoms with Gasteiger partial charge in [-0.2, -0.15) is 0 Å². The van der Waals surface area contributed by atoms with Gasteiger partial charge in [-0.1, -0.05) is 142 Å². The van der Waals surface area contributed by atoms with Gasteiger partial charge in [0.15, 0.2) is 9.84 Å². The van der Waals surface area contributed by atoms with Gasteiger partial charge in [-0.25, -0.2) is 8.42 Å². The zero-order valence-electron chi connectivity index (χ0n) is 21.9. The molecule has 0 aromatic heterocycles. The Hall–Kier alpha value is -0.0500. The Balaban J connectivity index is 3.69. The van der Waals surface area contributed by atoms with Crippen LogP contribution in [0.15, 0.2) is 0 Å². The lowest BCUT2D eigenvalue weighted by atomic mass is 10.1. The number of sulfone groups is 1. The molecule has 2 nitrogen and oxygen atoms in total. The number of rotatable bonds is 24. The third kappa shape index (κ3) is 18.1. The SMILES string of the molecule is CCCCCCCCCCCCC(C)S(=O)(=O)C(C)CCCCCCCCCCCC. The molecule has 3 heteroatoms. The van der Waals surface area contributed by atoms with Crippen molar-refractivity contribution in [3.8, 4) is 0 Å². The van der Waals surface area contributed by atoms with E-state index < -0.39 is 9.84 Å². The molecule has 2 unspecified atom stereocenters. The van der Waals surface area contributed by atoms with Crippen molar-refractivity contribution in [2.24, 2.45) is 0 Å². The van der Waals surface area contributed by atoms with Crippen LogP contribution in [0.1, 0.15) is 169 Å². The molecule has 0 bridgehead atoms. The van der Waals surface area contributed by atoms with Crippen LogP contribution in [0.2, 0.25) is 0 Å². The van der Waals surface area contributed by atoms with Crippen LogP contribution in [0, 0.1) is 0 Å². The predicted molar refractivity (Wildman–Crippen MR) is 141 cm³/mol. The maximum Gasteiger partial charge on any atom is 0.155 e. The second kappa shape index (κ2) is 21.8. The minimum absolute atomic E-state index is 0.167. The largest absolute Gasteiger partial charge is 0.228 e. The van der Waals surface area contributed by atoms with Crippen molar-refractivity contribution in [2.45, 2.75) is 179 Å². The molecule has 0 aliphatic heterocycles. The average Bonchev–Trinajstić information content (AvgIpc) is 2.75. The summed E-state index contributed by atoms with van der Waals surface area (Å²) in [5.41, 5.74) is 0. The van der Waals surface area contributed by atoms with Crippen LogP contribution in [0.3, 0.4) is 0 Å². The fourth-order valence-corrected chi connectivity index (χ4v) is 6.35. The fraction of sp³-hybridized carbons (Fsp3) is 1.00. The molecule has 31 heavy (non-hydrogen) atoms. The van der Waals surface area contributed by atoms with Gasteiger partial charge in [0.05, 0.1) is 10.5 Å². The first-order valence-electron chi connectivity index (χ1n) is 14.2. The van der Waals surface area contributed by atoms with Crippen molar-refractivity contribution in [2.75, 3.05) is 0 Å². The van der Waals surface area contributed by atoms with E-state index in [2.05, 4.69) is 13.8 Å². The highest BCUT2D eigenvalue weighted by Gasteiger charge is 2.26. The average molecular weight is 459 g/mol. The van der Waals surface area contributed by atoms with E-state index in [4.69, 9.17) is 0 Å². The summed E-state index contributed by atoms with van der Waals surface area (Å²) >= 11 is 0. The highest BCUT2D eigenvalue weighted by Crippen LogP contribution is 2.21. The molecule has 0 N–H and O–H groups in total. The molecule has 0 aromatic carbocycles. The van der Waals surface area contributed by atoms with Crippen molar-refractivity contribution in [3.05, 3.63) is 0 Å². The number of hydrogen-bond acceptors (Lipinski definition) is 2. The van der Waals surface area contributed by atoms with E-state index in [1.165, 1.54) is 116 Å². The molecule has 0 rings (SSSR count). The van der Waals surface area contributed by atoms with E-state index in [9.17, 15) is 8.42 Å². The molecular weight excluding hydrogens is 400 g/mol.